The SMILES string of the molecule is C=COC(F)(F)C(F)(C(F)(F)F)C(F)(F)F. The van der Waals surface area contributed by atoms with Crippen LogP contribution in [0.1, 0.15) is 0 Å². The second kappa shape index (κ2) is 3.74. The highest BCUT2D eigenvalue weighted by Gasteiger charge is 2.86. The molecule has 0 unspecified atom stereocenters. The summed E-state index contributed by atoms with van der Waals surface area (Å²) in [4.78, 5) is 0. The third-order valence-corrected chi connectivity index (χ3v) is 1.41. The fourth-order valence-electron chi connectivity index (χ4n) is 0.677. The molecule has 0 heterocycles. The first-order valence-corrected chi connectivity index (χ1v) is 3.30. The summed E-state index contributed by atoms with van der Waals surface area (Å²) in [6, 6.07) is 0. The lowest BCUT2D eigenvalue weighted by Gasteiger charge is -2.34. The Morgan fingerprint density at radius 2 is 1.06 bits per heavy atom. The Bertz CT molecular complexity index is 248. The Morgan fingerprint density at radius 3 is 1.25 bits per heavy atom. The van der Waals surface area contributed by atoms with Gasteiger partial charge in [0, 0.05) is 0 Å². The van der Waals surface area contributed by atoms with Crippen molar-refractivity contribution in [3.8, 4) is 0 Å². The summed E-state index contributed by atoms with van der Waals surface area (Å²) in [6.45, 7) is 2.32. The van der Waals surface area contributed by atoms with Crippen LogP contribution in [0.3, 0.4) is 0 Å². The summed E-state index contributed by atoms with van der Waals surface area (Å²) in [5.41, 5.74) is -6.80. The van der Waals surface area contributed by atoms with Crippen LogP contribution in [0.5, 0.6) is 0 Å². The Labute approximate surface area is 82.5 Å². The van der Waals surface area contributed by atoms with Crippen LogP contribution in [-0.2, 0) is 4.74 Å². The van der Waals surface area contributed by atoms with Gasteiger partial charge in [-0.25, -0.2) is 4.39 Å². The molecular weight excluding hydrogens is 259 g/mol. The second-order valence-corrected chi connectivity index (χ2v) is 2.46. The zero-order chi connectivity index (χ0) is 13.4. The van der Waals surface area contributed by atoms with E-state index in [0.29, 0.717) is 0 Å². The zero-order valence-electron chi connectivity index (χ0n) is 7.09. The van der Waals surface area contributed by atoms with Crippen molar-refractivity contribution in [2.75, 3.05) is 0 Å². The highest BCUT2D eigenvalue weighted by molar-refractivity contribution is 5.01. The first-order chi connectivity index (χ1) is 6.81. The first kappa shape index (κ1) is 14.9. The molecule has 96 valence electrons. The van der Waals surface area contributed by atoms with E-state index in [2.05, 4.69) is 11.3 Å². The molecule has 0 rings (SSSR count). The molecule has 16 heavy (non-hydrogen) atoms. The van der Waals surface area contributed by atoms with Crippen molar-refractivity contribution in [1.82, 2.24) is 0 Å². The van der Waals surface area contributed by atoms with Gasteiger partial charge in [0.2, 0.25) is 0 Å². The van der Waals surface area contributed by atoms with Gasteiger partial charge in [0.15, 0.2) is 0 Å². The van der Waals surface area contributed by atoms with Gasteiger partial charge in [-0.2, -0.15) is 35.1 Å². The molecule has 1 nitrogen and oxygen atoms in total. The molecule has 10 heteroatoms. The monoisotopic (exact) mass is 262 g/mol. The number of hydrogen-bond donors (Lipinski definition) is 0. The summed E-state index contributed by atoms with van der Waals surface area (Å²) in [5.74, 6) is 0. The molecule has 0 aliphatic carbocycles. The van der Waals surface area contributed by atoms with Gasteiger partial charge in [0.05, 0.1) is 6.26 Å². The largest absolute Gasteiger partial charge is 0.451 e. The molecular formula is C6H3F9O. The maximum absolute atomic E-state index is 12.6. The predicted molar refractivity (Wildman–Crippen MR) is 32.2 cm³/mol. The highest BCUT2D eigenvalue weighted by Crippen LogP contribution is 2.54. The topological polar surface area (TPSA) is 9.23 Å². The van der Waals surface area contributed by atoms with Gasteiger partial charge in [-0.3, -0.25) is 0 Å². The van der Waals surface area contributed by atoms with E-state index in [1.807, 2.05) is 0 Å². The Kier molecular flexibility index (Phi) is 3.48. The van der Waals surface area contributed by atoms with Gasteiger partial charge in [0.1, 0.15) is 0 Å². The van der Waals surface area contributed by atoms with Gasteiger partial charge < -0.3 is 4.74 Å². The summed E-state index contributed by atoms with van der Waals surface area (Å²) >= 11 is 0. The predicted octanol–water partition coefficient (Wildman–Crippen LogP) is 3.57. The van der Waals surface area contributed by atoms with Crippen molar-refractivity contribution in [2.45, 2.75) is 24.1 Å². The molecule has 0 aliphatic rings. The summed E-state index contributed by atoms with van der Waals surface area (Å²) in [7, 11) is 0. The molecule has 0 radical (unpaired) electrons. The van der Waals surface area contributed by atoms with E-state index in [9.17, 15) is 39.5 Å². The van der Waals surface area contributed by atoms with Crippen molar-refractivity contribution in [3.05, 3.63) is 12.8 Å². The van der Waals surface area contributed by atoms with Crippen molar-refractivity contribution < 1.29 is 44.3 Å². The van der Waals surface area contributed by atoms with E-state index in [0.717, 1.165) is 0 Å². The number of halogens is 9. The molecule has 0 saturated heterocycles. The van der Waals surface area contributed by atoms with Crippen molar-refractivity contribution in [2.24, 2.45) is 0 Å². The Hall–Kier alpha value is -1.09. The van der Waals surface area contributed by atoms with E-state index in [1.54, 1.807) is 0 Å². The average Bonchev–Trinajstić information content (AvgIpc) is 1.98. The van der Waals surface area contributed by atoms with E-state index in [-0.39, 0.29) is 0 Å². The first-order valence-electron chi connectivity index (χ1n) is 3.30. The molecule has 0 aliphatic heterocycles. The summed E-state index contributed by atoms with van der Waals surface area (Å²) in [5, 5.41) is 0. The minimum Gasteiger partial charge on any atom is -0.438 e. The van der Waals surface area contributed by atoms with Crippen LogP contribution in [0.25, 0.3) is 0 Å². The van der Waals surface area contributed by atoms with Crippen LogP contribution in [0.15, 0.2) is 12.8 Å². The summed E-state index contributed by atoms with van der Waals surface area (Å²) in [6.07, 6.45) is -20.4. The molecule has 0 saturated carbocycles. The molecule has 0 fully saturated rings. The molecule has 0 atom stereocenters. The quantitative estimate of drug-likeness (QED) is 0.558. The summed E-state index contributed by atoms with van der Waals surface area (Å²) < 4.78 is 110. The van der Waals surface area contributed by atoms with E-state index in [4.69, 9.17) is 0 Å². The smallest absolute Gasteiger partial charge is 0.438 e. The molecule has 0 aromatic heterocycles. The lowest BCUT2D eigenvalue weighted by atomic mass is 10.0. The fraction of sp³-hybridized carbons (Fsp3) is 0.667. The minimum absolute atomic E-state index is 0.425. The maximum Gasteiger partial charge on any atom is 0.451 e. The Balaban J connectivity index is 5.70. The standard InChI is InChI=1S/C6H3F9O/c1-2-16-6(14,15)3(7,4(8,9)10)5(11,12)13/h2H,1H2. The molecule has 0 spiro atoms. The van der Waals surface area contributed by atoms with Gasteiger partial charge in [-0.1, -0.05) is 6.58 Å². The maximum atomic E-state index is 12.6. The minimum atomic E-state index is -6.89. The van der Waals surface area contributed by atoms with Crippen LogP contribution < -0.4 is 0 Å². The molecule has 0 bridgehead atoms. The molecule has 0 N–H and O–H groups in total. The van der Waals surface area contributed by atoms with Gasteiger partial charge in [-0.05, 0) is 0 Å². The van der Waals surface area contributed by atoms with Crippen molar-refractivity contribution >= 4 is 0 Å². The van der Waals surface area contributed by atoms with Crippen LogP contribution in [0.2, 0.25) is 0 Å². The lowest BCUT2D eigenvalue weighted by molar-refractivity contribution is -0.440. The van der Waals surface area contributed by atoms with E-state index in [1.165, 1.54) is 0 Å². The van der Waals surface area contributed by atoms with Crippen LogP contribution in [0, 0.1) is 0 Å². The van der Waals surface area contributed by atoms with Gasteiger partial charge >= 0.3 is 24.1 Å². The lowest BCUT2D eigenvalue weighted by Crippen LogP contribution is -2.65. The van der Waals surface area contributed by atoms with Gasteiger partial charge in [-0.15, -0.1) is 0 Å². The normalized spacial score (nSPS) is 14.8. The van der Waals surface area contributed by atoms with Crippen LogP contribution >= 0.6 is 0 Å². The molecule has 0 aromatic carbocycles. The number of ether oxygens (including phenoxy) is 1. The number of alkyl halides is 9. The van der Waals surface area contributed by atoms with Crippen LogP contribution in [-0.4, -0.2) is 24.1 Å². The van der Waals surface area contributed by atoms with E-state index >= 15 is 0 Å². The van der Waals surface area contributed by atoms with Crippen molar-refractivity contribution in [1.29, 1.82) is 0 Å². The van der Waals surface area contributed by atoms with Crippen LogP contribution in [0.4, 0.5) is 39.5 Å². The van der Waals surface area contributed by atoms with Gasteiger partial charge in [0.25, 0.3) is 0 Å². The third-order valence-electron chi connectivity index (χ3n) is 1.41. The fourth-order valence-corrected chi connectivity index (χ4v) is 0.677. The second-order valence-electron chi connectivity index (χ2n) is 2.46. The average molecular weight is 262 g/mol. The zero-order valence-corrected chi connectivity index (χ0v) is 7.09. The molecule has 0 amide bonds. The Morgan fingerprint density at radius 1 is 0.750 bits per heavy atom. The number of hydrogen-bond acceptors (Lipinski definition) is 1. The van der Waals surface area contributed by atoms with Crippen molar-refractivity contribution in [3.63, 3.8) is 0 Å². The van der Waals surface area contributed by atoms with E-state index < -0.39 is 30.4 Å². The molecule has 0 aromatic rings. The number of rotatable bonds is 3. The third kappa shape index (κ3) is 2.05. The highest BCUT2D eigenvalue weighted by atomic mass is 19.4.